The van der Waals surface area contributed by atoms with Gasteiger partial charge in [0.25, 0.3) is 0 Å². The van der Waals surface area contributed by atoms with Crippen LogP contribution in [0.3, 0.4) is 0 Å². The van der Waals surface area contributed by atoms with Crippen LogP contribution in [-0.4, -0.2) is 66.5 Å². The summed E-state index contributed by atoms with van der Waals surface area (Å²) in [5.41, 5.74) is 1.75. The molecule has 0 radical (unpaired) electrons. The van der Waals surface area contributed by atoms with Gasteiger partial charge in [0.05, 0.1) is 30.7 Å². The van der Waals surface area contributed by atoms with Crippen molar-refractivity contribution < 1.29 is 9.84 Å². The molecule has 0 atom stereocenters. The Morgan fingerprint density at radius 3 is 2.50 bits per heavy atom. The van der Waals surface area contributed by atoms with Gasteiger partial charge in [0.1, 0.15) is 0 Å². The third-order valence-electron chi connectivity index (χ3n) is 4.85. The lowest BCUT2D eigenvalue weighted by Gasteiger charge is -2.42. The molecule has 1 N–H and O–H groups in total. The number of β-amino-alcohol motifs (C(OH)–C–C–N with tert-alkyl or cyclic N) is 1. The highest BCUT2D eigenvalue weighted by Crippen LogP contribution is 2.27. The number of aliphatic hydroxyl groups is 1. The average Bonchev–Trinajstić information content (AvgIpc) is 2.56. The van der Waals surface area contributed by atoms with Gasteiger partial charge in [-0.3, -0.25) is 9.88 Å². The van der Waals surface area contributed by atoms with Crippen molar-refractivity contribution >= 4 is 5.69 Å². The quantitative estimate of drug-likeness (QED) is 0.909. The van der Waals surface area contributed by atoms with Crippen LogP contribution in [-0.2, 0) is 11.2 Å². The molecule has 3 rings (SSSR count). The standard InChI is InChI=1S/C17H27N3O2/c1-2-15-3-4-16(13-18-15)20-7-5-17(21,6-8-20)14-19-9-11-22-12-10-19/h3-4,13,21H,2,5-12,14H2,1H3. The van der Waals surface area contributed by atoms with E-state index in [0.717, 1.165) is 70.9 Å². The van der Waals surface area contributed by atoms with Crippen LogP contribution < -0.4 is 4.90 Å². The van der Waals surface area contributed by atoms with E-state index in [-0.39, 0.29) is 0 Å². The first-order chi connectivity index (χ1) is 10.7. The Hall–Kier alpha value is -1.17. The second-order valence-corrected chi connectivity index (χ2v) is 6.46. The first-order valence-corrected chi connectivity index (χ1v) is 8.41. The fourth-order valence-electron chi connectivity index (χ4n) is 3.33. The lowest BCUT2D eigenvalue weighted by molar-refractivity contribution is -0.0440. The minimum atomic E-state index is -0.551. The van der Waals surface area contributed by atoms with Crippen molar-refractivity contribution in [2.75, 3.05) is 50.8 Å². The Morgan fingerprint density at radius 1 is 1.18 bits per heavy atom. The second kappa shape index (κ2) is 6.94. The molecule has 2 aliphatic heterocycles. The van der Waals surface area contributed by atoms with Crippen molar-refractivity contribution in [1.82, 2.24) is 9.88 Å². The van der Waals surface area contributed by atoms with Gasteiger partial charge in [-0.15, -0.1) is 0 Å². The Labute approximate surface area is 132 Å². The van der Waals surface area contributed by atoms with Crippen LogP contribution in [0.25, 0.3) is 0 Å². The van der Waals surface area contributed by atoms with Crippen LogP contribution >= 0.6 is 0 Å². The van der Waals surface area contributed by atoms with Crippen LogP contribution in [0, 0.1) is 0 Å². The van der Waals surface area contributed by atoms with Gasteiger partial charge < -0.3 is 14.7 Å². The van der Waals surface area contributed by atoms with Crippen molar-refractivity contribution in [2.45, 2.75) is 31.8 Å². The van der Waals surface area contributed by atoms with Crippen LogP contribution in [0.2, 0.25) is 0 Å². The summed E-state index contributed by atoms with van der Waals surface area (Å²) in [6.07, 6.45) is 4.57. The molecule has 5 nitrogen and oxygen atoms in total. The molecule has 2 aliphatic rings. The van der Waals surface area contributed by atoms with Gasteiger partial charge in [-0.2, -0.15) is 0 Å². The molecule has 3 heterocycles. The van der Waals surface area contributed by atoms with E-state index in [4.69, 9.17) is 4.74 Å². The molecule has 5 heteroatoms. The van der Waals surface area contributed by atoms with Crippen molar-refractivity contribution in [1.29, 1.82) is 0 Å². The molecule has 2 fully saturated rings. The summed E-state index contributed by atoms with van der Waals surface area (Å²) in [5.74, 6) is 0. The van der Waals surface area contributed by atoms with E-state index in [0.29, 0.717) is 0 Å². The first kappa shape index (κ1) is 15.7. The normalized spacial score (nSPS) is 22.7. The van der Waals surface area contributed by atoms with E-state index in [1.807, 2.05) is 6.20 Å². The number of anilines is 1. The molecule has 122 valence electrons. The number of rotatable bonds is 4. The molecule has 0 bridgehead atoms. The third-order valence-corrected chi connectivity index (χ3v) is 4.85. The Morgan fingerprint density at radius 2 is 1.91 bits per heavy atom. The second-order valence-electron chi connectivity index (χ2n) is 6.46. The van der Waals surface area contributed by atoms with Gasteiger partial charge in [0.2, 0.25) is 0 Å². The van der Waals surface area contributed by atoms with Gasteiger partial charge in [-0.05, 0) is 31.4 Å². The molecule has 0 saturated carbocycles. The predicted molar refractivity (Wildman–Crippen MR) is 87.3 cm³/mol. The fraction of sp³-hybridized carbons (Fsp3) is 0.706. The summed E-state index contributed by atoms with van der Waals surface area (Å²) in [6.45, 7) is 8.14. The zero-order valence-electron chi connectivity index (χ0n) is 13.5. The lowest BCUT2D eigenvalue weighted by atomic mass is 9.90. The van der Waals surface area contributed by atoms with E-state index in [2.05, 4.69) is 33.8 Å². The molecule has 0 aromatic carbocycles. The SMILES string of the molecule is CCc1ccc(N2CCC(O)(CN3CCOCC3)CC2)cn1. The number of pyridine rings is 1. The predicted octanol–water partition coefficient (Wildman–Crippen LogP) is 1.31. The smallest absolute Gasteiger partial charge is 0.0807 e. The zero-order valence-corrected chi connectivity index (χ0v) is 13.5. The molecule has 0 spiro atoms. The highest BCUT2D eigenvalue weighted by Gasteiger charge is 2.34. The summed E-state index contributed by atoms with van der Waals surface area (Å²) in [6, 6.07) is 4.25. The van der Waals surface area contributed by atoms with Gasteiger partial charge in [0.15, 0.2) is 0 Å². The first-order valence-electron chi connectivity index (χ1n) is 8.41. The number of nitrogens with zero attached hydrogens (tertiary/aromatic N) is 3. The number of hydrogen-bond acceptors (Lipinski definition) is 5. The molecule has 2 saturated heterocycles. The van der Waals surface area contributed by atoms with Crippen molar-refractivity contribution in [3.05, 3.63) is 24.0 Å². The number of morpholine rings is 1. The van der Waals surface area contributed by atoms with Gasteiger partial charge in [0, 0.05) is 38.4 Å². The highest BCUT2D eigenvalue weighted by molar-refractivity contribution is 5.45. The summed E-state index contributed by atoms with van der Waals surface area (Å²) >= 11 is 0. The van der Waals surface area contributed by atoms with Crippen molar-refractivity contribution in [3.8, 4) is 0 Å². The van der Waals surface area contributed by atoms with E-state index in [1.54, 1.807) is 0 Å². The topological polar surface area (TPSA) is 48.8 Å². The van der Waals surface area contributed by atoms with E-state index < -0.39 is 5.60 Å². The Balaban J connectivity index is 1.54. The third kappa shape index (κ3) is 3.77. The summed E-state index contributed by atoms with van der Waals surface area (Å²) < 4.78 is 5.38. The number of hydrogen-bond donors (Lipinski definition) is 1. The largest absolute Gasteiger partial charge is 0.388 e. The average molecular weight is 305 g/mol. The fourth-order valence-corrected chi connectivity index (χ4v) is 3.33. The van der Waals surface area contributed by atoms with E-state index in [1.165, 1.54) is 5.69 Å². The summed E-state index contributed by atoms with van der Waals surface area (Å²) in [7, 11) is 0. The van der Waals surface area contributed by atoms with Crippen LogP contribution in [0.15, 0.2) is 18.3 Å². The van der Waals surface area contributed by atoms with Gasteiger partial charge in [-0.25, -0.2) is 0 Å². The number of aryl methyl sites for hydroxylation is 1. The summed E-state index contributed by atoms with van der Waals surface area (Å²) in [4.78, 5) is 9.14. The minimum absolute atomic E-state index is 0.551. The van der Waals surface area contributed by atoms with Gasteiger partial charge >= 0.3 is 0 Å². The number of piperidine rings is 1. The molecule has 1 aromatic rings. The summed E-state index contributed by atoms with van der Waals surface area (Å²) in [5, 5.41) is 10.8. The Kier molecular flexibility index (Phi) is 4.96. The van der Waals surface area contributed by atoms with Crippen molar-refractivity contribution in [3.63, 3.8) is 0 Å². The molecule has 0 unspecified atom stereocenters. The molecular formula is C17H27N3O2. The van der Waals surface area contributed by atoms with E-state index in [9.17, 15) is 5.11 Å². The minimum Gasteiger partial charge on any atom is -0.388 e. The number of aromatic nitrogens is 1. The Bertz CT molecular complexity index is 463. The van der Waals surface area contributed by atoms with Crippen LogP contribution in [0.1, 0.15) is 25.5 Å². The lowest BCUT2D eigenvalue weighted by Crippen LogP contribution is -2.53. The molecule has 0 aliphatic carbocycles. The van der Waals surface area contributed by atoms with E-state index >= 15 is 0 Å². The number of ether oxygens (including phenoxy) is 1. The monoisotopic (exact) mass is 305 g/mol. The van der Waals surface area contributed by atoms with Crippen molar-refractivity contribution in [2.24, 2.45) is 0 Å². The molecule has 1 aromatic heterocycles. The maximum absolute atomic E-state index is 10.8. The maximum Gasteiger partial charge on any atom is 0.0807 e. The van der Waals surface area contributed by atoms with Crippen LogP contribution in [0.4, 0.5) is 5.69 Å². The van der Waals surface area contributed by atoms with Gasteiger partial charge in [-0.1, -0.05) is 6.92 Å². The van der Waals surface area contributed by atoms with Crippen LogP contribution in [0.5, 0.6) is 0 Å². The molecule has 0 amide bonds. The highest BCUT2D eigenvalue weighted by atomic mass is 16.5. The zero-order chi connectivity index (χ0) is 15.4. The maximum atomic E-state index is 10.8. The molecule has 22 heavy (non-hydrogen) atoms. The molecular weight excluding hydrogens is 278 g/mol.